The number of benzene rings is 1. The lowest BCUT2D eigenvalue weighted by Gasteiger charge is -2.28. The van der Waals surface area contributed by atoms with Gasteiger partial charge in [-0.3, -0.25) is 14.9 Å². The summed E-state index contributed by atoms with van der Waals surface area (Å²) in [5, 5.41) is 20.5. The zero-order chi connectivity index (χ0) is 15.5. The summed E-state index contributed by atoms with van der Waals surface area (Å²) >= 11 is 0. The van der Waals surface area contributed by atoms with Gasteiger partial charge < -0.3 is 10.0 Å². The number of nitro groups is 1. The third-order valence-corrected chi connectivity index (χ3v) is 2.90. The summed E-state index contributed by atoms with van der Waals surface area (Å²) in [6, 6.07) is 4.16. The van der Waals surface area contributed by atoms with Crippen LogP contribution in [0.15, 0.2) is 18.2 Å². The van der Waals surface area contributed by atoms with Crippen molar-refractivity contribution in [3.05, 3.63) is 39.4 Å². The monoisotopic (exact) mass is 280 g/mol. The Morgan fingerprint density at radius 3 is 2.45 bits per heavy atom. The first-order valence-corrected chi connectivity index (χ1v) is 6.42. The van der Waals surface area contributed by atoms with E-state index in [1.807, 2.05) is 6.92 Å². The summed E-state index contributed by atoms with van der Waals surface area (Å²) in [6.45, 7) is 7.41. The Hall–Kier alpha value is -1.95. The fourth-order valence-corrected chi connectivity index (χ4v) is 1.97. The molecule has 1 amide bonds. The zero-order valence-electron chi connectivity index (χ0n) is 12.2. The Bertz CT molecular complexity index is 520. The van der Waals surface area contributed by atoms with Crippen molar-refractivity contribution in [3.8, 4) is 0 Å². The average molecular weight is 280 g/mol. The number of nitrogens with zero attached hydrogens (tertiary/aromatic N) is 2. The second kappa shape index (κ2) is 6.00. The van der Waals surface area contributed by atoms with Gasteiger partial charge >= 0.3 is 0 Å². The lowest BCUT2D eigenvalue weighted by Crippen LogP contribution is -2.42. The molecule has 0 spiro atoms. The molecule has 1 aromatic carbocycles. The maximum atomic E-state index is 12.4. The van der Waals surface area contributed by atoms with Crippen molar-refractivity contribution in [1.29, 1.82) is 0 Å². The molecule has 0 aliphatic heterocycles. The highest BCUT2D eigenvalue weighted by molar-refractivity contribution is 5.96. The van der Waals surface area contributed by atoms with E-state index in [9.17, 15) is 20.0 Å². The molecule has 6 heteroatoms. The quantitative estimate of drug-likeness (QED) is 0.661. The molecule has 0 saturated carbocycles. The molecule has 1 N–H and O–H groups in total. The lowest BCUT2D eigenvalue weighted by molar-refractivity contribution is -0.384. The summed E-state index contributed by atoms with van der Waals surface area (Å²) < 4.78 is 0. The first-order valence-electron chi connectivity index (χ1n) is 6.42. The van der Waals surface area contributed by atoms with Crippen LogP contribution in [0.5, 0.6) is 0 Å². The number of non-ortho nitro benzene ring substituents is 1. The van der Waals surface area contributed by atoms with E-state index in [1.54, 1.807) is 20.8 Å². The van der Waals surface area contributed by atoms with Crippen molar-refractivity contribution in [3.63, 3.8) is 0 Å². The van der Waals surface area contributed by atoms with Gasteiger partial charge in [-0.25, -0.2) is 0 Å². The van der Waals surface area contributed by atoms with Crippen LogP contribution in [0.2, 0.25) is 0 Å². The molecule has 0 saturated heterocycles. The molecule has 0 bridgehead atoms. The summed E-state index contributed by atoms with van der Waals surface area (Å²) in [5.41, 5.74) is -0.0509. The maximum Gasteiger partial charge on any atom is 0.269 e. The number of hydrogen-bond donors (Lipinski definition) is 1. The number of hydrogen-bond acceptors (Lipinski definition) is 4. The van der Waals surface area contributed by atoms with Gasteiger partial charge in [-0.05, 0) is 39.3 Å². The van der Waals surface area contributed by atoms with E-state index in [0.717, 1.165) is 0 Å². The Kier molecular flexibility index (Phi) is 4.83. The first kappa shape index (κ1) is 16.1. The largest absolute Gasteiger partial charge is 0.389 e. The van der Waals surface area contributed by atoms with Gasteiger partial charge in [-0.15, -0.1) is 0 Å². The number of nitro benzene ring substituents is 1. The van der Waals surface area contributed by atoms with Gasteiger partial charge in [0.05, 0.1) is 10.5 Å². The standard InChI is InChI=1S/C14H20N2O4/c1-5-15(9-14(3,4)18)13(17)12-7-6-11(16(19)20)8-10(12)2/h6-8,18H,5,9H2,1-4H3. The van der Waals surface area contributed by atoms with Crippen LogP contribution in [0.1, 0.15) is 36.7 Å². The van der Waals surface area contributed by atoms with E-state index in [1.165, 1.54) is 23.1 Å². The Morgan fingerprint density at radius 1 is 1.45 bits per heavy atom. The molecule has 0 radical (unpaired) electrons. The van der Waals surface area contributed by atoms with Crippen LogP contribution in [0.25, 0.3) is 0 Å². The molecule has 0 aliphatic carbocycles. The average Bonchev–Trinajstić information content (AvgIpc) is 2.33. The smallest absolute Gasteiger partial charge is 0.269 e. The summed E-state index contributed by atoms with van der Waals surface area (Å²) in [7, 11) is 0. The number of carbonyl (C=O) groups is 1. The van der Waals surface area contributed by atoms with Crippen molar-refractivity contribution in [2.75, 3.05) is 13.1 Å². The molecule has 0 unspecified atom stereocenters. The third kappa shape index (κ3) is 4.03. The predicted octanol–water partition coefficient (Wildman–Crippen LogP) is 2.14. The lowest BCUT2D eigenvalue weighted by atomic mass is 10.0. The van der Waals surface area contributed by atoms with E-state index in [-0.39, 0.29) is 18.1 Å². The second-order valence-corrected chi connectivity index (χ2v) is 5.39. The number of likely N-dealkylation sites (N-methyl/N-ethyl adjacent to an activating group) is 1. The topological polar surface area (TPSA) is 83.7 Å². The number of rotatable bonds is 5. The van der Waals surface area contributed by atoms with Gasteiger partial charge in [-0.2, -0.15) is 0 Å². The molecular weight excluding hydrogens is 260 g/mol. The van der Waals surface area contributed by atoms with E-state index < -0.39 is 10.5 Å². The Balaban J connectivity index is 3.04. The SMILES string of the molecule is CCN(CC(C)(C)O)C(=O)c1ccc([N+](=O)[O-])cc1C. The molecule has 1 aromatic rings. The van der Waals surface area contributed by atoms with E-state index in [0.29, 0.717) is 17.7 Å². The number of aliphatic hydroxyl groups is 1. The molecule has 20 heavy (non-hydrogen) atoms. The minimum Gasteiger partial charge on any atom is -0.389 e. The third-order valence-electron chi connectivity index (χ3n) is 2.90. The Labute approximate surface area is 118 Å². The molecule has 0 atom stereocenters. The summed E-state index contributed by atoms with van der Waals surface area (Å²) in [5.74, 6) is -0.234. The van der Waals surface area contributed by atoms with Gasteiger partial charge in [0.25, 0.3) is 11.6 Å². The van der Waals surface area contributed by atoms with Crippen LogP contribution in [0.4, 0.5) is 5.69 Å². The second-order valence-electron chi connectivity index (χ2n) is 5.39. The normalized spacial score (nSPS) is 11.2. The number of carbonyl (C=O) groups excluding carboxylic acids is 1. The molecule has 1 rings (SSSR count). The number of aryl methyl sites for hydroxylation is 1. The van der Waals surface area contributed by atoms with Crippen molar-refractivity contribution in [2.45, 2.75) is 33.3 Å². The van der Waals surface area contributed by atoms with Crippen molar-refractivity contribution >= 4 is 11.6 Å². The van der Waals surface area contributed by atoms with Crippen LogP contribution in [-0.4, -0.2) is 39.5 Å². The highest BCUT2D eigenvalue weighted by Crippen LogP contribution is 2.19. The fraction of sp³-hybridized carbons (Fsp3) is 0.500. The van der Waals surface area contributed by atoms with Crippen LogP contribution in [-0.2, 0) is 0 Å². The Morgan fingerprint density at radius 2 is 2.05 bits per heavy atom. The predicted molar refractivity (Wildman–Crippen MR) is 75.7 cm³/mol. The van der Waals surface area contributed by atoms with E-state index >= 15 is 0 Å². The highest BCUT2D eigenvalue weighted by atomic mass is 16.6. The van der Waals surface area contributed by atoms with Crippen molar-refractivity contribution < 1.29 is 14.8 Å². The van der Waals surface area contributed by atoms with Gasteiger partial charge in [0.1, 0.15) is 0 Å². The van der Waals surface area contributed by atoms with E-state index in [4.69, 9.17) is 0 Å². The minimum absolute atomic E-state index is 0.0374. The van der Waals surface area contributed by atoms with Crippen molar-refractivity contribution in [2.24, 2.45) is 0 Å². The van der Waals surface area contributed by atoms with Crippen LogP contribution in [0, 0.1) is 17.0 Å². The summed E-state index contributed by atoms with van der Waals surface area (Å²) in [4.78, 5) is 24.1. The molecule has 0 aromatic heterocycles. The van der Waals surface area contributed by atoms with Gasteiger partial charge in [0, 0.05) is 30.8 Å². The number of amides is 1. The molecule has 6 nitrogen and oxygen atoms in total. The molecule has 110 valence electrons. The van der Waals surface area contributed by atoms with E-state index in [2.05, 4.69) is 0 Å². The zero-order valence-corrected chi connectivity index (χ0v) is 12.2. The van der Waals surface area contributed by atoms with Crippen LogP contribution < -0.4 is 0 Å². The van der Waals surface area contributed by atoms with Crippen LogP contribution >= 0.6 is 0 Å². The van der Waals surface area contributed by atoms with Gasteiger partial charge in [0.2, 0.25) is 0 Å². The molecule has 0 aliphatic rings. The first-order chi connectivity index (χ1) is 9.15. The van der Waals surface area contributed by atoms with Gasteiger partial charge in [0.15, 0.2) is 0 Å². The fourth-order valence-electron chi connectivity index (χ4n) is 1.97. The molecule has 0 fully saturated rings. The van der Waals surface area contributed by atoms with Crippen LogP contribution in [0.3, 0.4) is 0 Å². The van der Waals surface area contributed by atoms with Crippen molar-refractivity contribution in [1.82, 2.24) is 4.90 Å². The molecule has 0 heterocycles. The highest BCUT2D eigenvalue weighted by Gasteiger charge is 2.23. The summed E-state index contributed by atoms with van der Waals surface area (Å²) in [6.07, 6.45) is 0. The molecular formula is C14H20N2O4. The maximum absolute atomic E-state index is 12.4. The van der Waals surface area contributed by atoms with Gasteiger partial charge in [-0.1, -0.05) is 0 Å². The minimum atomic E-state index is -0.986.